The molecule has 0 saturated carbocycles. The average Bonchev–Trinajstić information content (AvgIpc) is 3.06. The predicted octanol–water partition coefficient (Wildman–Crippen LogP) is 7.41. The van der Waals surface area contributed by atoms with E-state index in [0.717, 1.165) is 9.87 Å². The molecule has 0 unspecified atom stereocenters. The second-order valence-corrected chi connectivity index (χ2v) is 14.1. The molecule has 4 rings (SSSR count). The first-order valence-corrected chi connectivity index (χ1v) is 17.5. The van der Waals surface area contributed by atoms with Crippen LogP contribution < -0.4 is 14.4 Å². The molecule has 0 aliphatic heterocycles. The van der Waals surface area contributed by atoms with Gasteiger partial charge in [0.25, 0.3) is 10.0 Å². The van der Waals surface area contributed by atoms with Gasteiger partial charge in [0.2, 0.25) is 11.8 Å². The number of nitrogens with one attached hydrogen (secondary N) is 1. The zero-order chi connectivity index (χ0) is 34.1. The molecular weight excluding hydrogens is 681 g/mol. The molecule has 0 spiro atoms. The van der Waals surface area contributed by atoms with E-state index in [0.29, 0.717) is 32.8 Å². The van der Waals surface area contributed by atoms with Gasteiger partial charge >= 0.3 is 0 Å². The van der Waals surface area contributed by atoms with Gasteiger partial charge in [0, 0.05) is 34.1 Å². The molecule has 2 amide bonds. The van der Waals surface area contributed by atoms with Crippen LogP contribution in [0, 0.1) is 0 Å². The zero-order valence-electron chi connectivity index (χ0n) is 26.2. The topological polar surface area (TPSA) is 96.0 Å². The summed E-state index contributed by atoms with van der Waals surface area (Å²) in [6.07, 6.45) is 0.845. The smallest absolute Gasteiger partial charge is 0.264 e. The molecule has 0 fully saturated rings. The number of hydrogen-bond donors (Lipinski definition) is 1. The molecule has 0 aliphatic carbocycles. The van der Waals surface area contributed by atoms with E-state index in [9.17, 15) is 18.0 Å². The zero-order valence-corrected chi connectivity index (χ0v) is 29.3. The minimum atomic E-state index is -4.29. The van der Waals surface area contributed by atoms with Gasteiger partial charge < -0.3 is 15.0 Å². The fourth-order valence-electron chi connectivity index (χ4n) is 4.84. The van der Waals surface area contributed by atoms with Gasteiger partial charge in [-0.3, -0.25) is 13.9 Å². The van der Waals surface area contributed by atoms with Crippen molar-refractivity contribution in [3.05, 3.63) is 123 Å². The summed E-state index contributed by atoms with van der Waals surface area (Å²) in [5, 5.41) is 4.11. The van der Waals surface area contributed by atoms with Crippen LogP contribution in [0.5, 0.6) is 5.75 Å². The number of anilines is 1. The molecule has 0 radical (unpaired) electrons. The van der Waals surface area contributed by atoms with Gasteiger partial charge in [-0.05, 0) is 85.1 Å². The summed E-state index contributed by atoms with van der Waals surface area (Å²) in [6.45, 7) is 3.12. The molecule has 248 valence electrons. The summed E-state index contributed by atoms with van der Waals surface area (Å²) in [6, 6.07) is 25.0. The molecule has 0 bridgehead atoms. The maximum absolute atomic E-state index is 14.6. The van der Waals surface area contributed by atoms with Crippen molar-refractivity contribution in [3.63, 3.8) is 0 Å². The second-order valence-electron chi connectivity index (χ2n) is 10.9. The maximum Gasteiger partial charge on any atom is 0.264 e. The minimum absolute atomic E-state index is 0.0521. The van der Waals surface area contributed by atoms with Crippen LogP contribution in [0.4, 0.5) is 5.69 Å². The Balaban J connectivity index is 1.82. The van der Waals surface area contributed by atoms with E-state index in [2.05, 4.69) is 5.32 Å². The van der Waals surface area contributed by atoms with Crippen LogP contribution in [0.2, 0.25) is 15.1 Å². The number of hydrogen-bond acceptors (Lipinski definition) is 5. The number of nitrogens with zero attached hydrogens (tertiary/aromatic N) is 2. The fraction of sp³-hybridized carbons (Fsp3) is 0.257. The van der Waals surface area contributed by atoms with Gasteiger partial charge in [0.05, 0.1) is 17.7 Å². The summed E-state index contributed by atoms with van der Waals surface area (Å²) in [7, 11) is -2.81. The van der Waals surface area contributed by atoms with Crippen LogP contribution in [0.3, 0.4) is 0 Å². The fourth-order valence-corrected chi connectivity index (χ4v) is 6.85. The summed E-state index contributed by atoms with van der Waals surface area (Å²) < 4.78 is 34.6. The van der Waals surface area contributed by atoms with Crippen molar-refractivity contribution >= 4 is 62.3 Å². The van der Waals surface area contributed by atoms with E-state index in [1.807, 2.05) is 44.2 Å². The van der Waals surface area contributed by atoms with Crippen molar-refractivity contribution in [2.75, 3.05) is 18.0 Å². The second kappa shape index (κ2) is 16.4. The standard InChI is InChI=1S/C35H36Cl3N3O5S/c1-4-24(2)39-35(43)33(20-25-8-6-5-7-9-25)40(22-26-10-11-28(37)21-32(26)38)34(42)23-41(29-14-12-27(36)13-15-29)47(44,45)31-18-16-30(46-3)17-19-31/h5-19,21,24,33H,4,20,22-23H2,1-3H3,(H,39,43)/t24-,33+/m1/s1. The van der Waals surface area contributed by atoms with Crippen LogP contribution >= 0.6 is 34.8 Å². The Labute approximate surface area is 291 Å². The summed E-state index contributed by atoms with van der Waals surface area (Å²) in [4.78, 5) is 29.8. The first-order chi connectivity index (χ1) is 22.4. The van der Waals surface area contributed by atoms with Crippen molar-refractivity contribution in [1.29, 1.82) is 0 Å². The van der Waals surface area contributed by atoms with Gasteiger partial charge in [-0.2, -0.15) is 0 Å². The van der Waals surface area contributed by atoms with Crippen LogP contribution in [-0.4, -0.2) is 50.9 Å². The molecule has 47 heavy (non-hydrogen) atoms. The van der Waals surface area contributed by atoms with Gasteiger partial charge in [0.1, 0.15) is 18.3 Å². The molecule has 8 nitrogen and oxygen atoms in total. The van der Waals surface area contributed by atoms with Crippen molar-refractivity contribution in [3.8, 4) is 5.75 Å². The highest BCUT2D eigenvalue weighted by molar-refractivity contribution is 7.92. The number of halogens is 3. The lowest BCUT2D eigenvalue weighted by atomic mass is 10.0. The maximum atomic E-state index is 14.6. The lowest BCUT2D eigenvalue weighted by molar-refractivity contribution is -0.140. The van der Waals surface area contributed by atoms with E-state index >= 15 is 0 Å². The van der Waals surface area contributed by atoms with Crippen molar-refractivity contribution < 1.29 is 22.7 Å². The molecule has 2 atom stereocenters. The summed E-state index contributed by atoms with van der Waals surface area (Å²) in [5.41, 5.74) is 1.57. The number of carbonyl (C=O) groups excluding carboxylic acids is 2. The first kappa shape index (κ1) is 36.1. The van der Waals surface area contributed by atoms with Crippen LogP contribution in [0.1, 0.15) is 31.4 Å². The van der Waals surface area contributed by atoms with Gasteiger partial charge in [-0.1, -0.05) is 78.1 Å². The monoisotopic (exact) mass is 715 g/mol. The van der Waals surface area contributed by atoms with Gasteiger partial charge in [-0.25, -0.2) is 8.42 Å². The third-order valence-corrected chi connectivity index (χ3v) is 10.3. The number of methoxy groups -OCH3 is 1. The highest BCUT2D eigenvalue weighted by Gasteiger charge is 2.35. The number of rotatable bonds is 14. The Hall–Kier alpha value is -3.76. The largest absolute Gasteiger partial charge is 0.497 e. The Bertz CT molecular complexity index is 1770. The third kappa shape index (κ3) is 9.41. The molecular formula is C35H36Cl3N3O5S. The minimum Gasteiger partial charge on any atom is -0.497 e. The quantitative estimate of drug-likeness (QED) is 0.147. The van der Waals surface area contributed by atoms with Crippen LogP contribution in [0.25, 0.3) is 0 Å². The molecule has 0 heterocycles. The summed E-state index contributed by atoms with van der Waals surface area (Å²) >= 11 is 18.9. The van der Waals surface area contributed by atoms with Crippen molar-refractivity contribution in [1.82, 2.24) is 10.2 Å². The van der Waals surface area contributed by atoms with E-state index in [1.165, 1.54) is 48.4 Å². The molecule has 0 aliphatic rings. The Kier molecular flexibility index (Phi) is 12.6. The molecule has 4 aromatic carbocycles. The Morgan fingerprint density at radius 1 is 0.872 bits per heavy atom. The van der Waals surface area contributed by atoms with E-state index in [1.54, 1.807) is 30.3 Å². The number of sulfonamides is 1. The van der Waals surface area contributed by atoms with Gasteiger partial charge in [0.15, 0.2) is 0 Å². The average molecular weight is 717 g/mol. The lowest BCUT2D eigenvalue weighted by Crippen LogP contribution is -2.54. The van der Waals surface area contributed by atoms with Gasteiger partial charge in [-0.15, -0.1) is 0 Å². The number of ether oxygens (including phenoxy) is 1. The first-order valence-electron chi connectivity index (χ1n) is 14.9. The normalized spacial score (nSPS) is 12.6. The summed E-state index contributed by atoms with van der Waals surface area (Å²) in [5.74, 6) is -0.527. The van der Waals surface area contributed by atoms with Crippen LogP contribution in [-0.2, 0) is 32.6 Å². The Morgan fingerprint density at radius 2 is 1.51 bits per heavy atom. The van der Waals surface area contributed by atoms with Crippen molar-refractivity contribution in [2.45, 2.75) is 50.2 Å². The van der Waals surface area contributed by atoms with E-state index < -0.39 is 28.5 Å². The van der Waals surface area contributed by atoms with E-state index in [4.69, 9.17) is 39.5 Å². The highest BCUT2D eigenvalue weighted by Crippen LogP contribution is 2.29. The third-order valence-electron chi connectivity index (χ3n) is 7.67. The molecule has 0 saturated heterocycles. The Morgan fingerprint density at radius 3 is 2.11 bits per heavy atom. The number of carbonyl (C=O) groups is 2. The molecule has 12 heteroatoms. The highest BCUT2D eigenvalue weighted by atomic mass is 35.5. The van der Waals surface area contributed by atoms with E-state index in [-0.39, 0.29) is 35.5 Å². The molecule has 4 aromatic rings. The number of amides is 2. The van der Waals surface area contributed by atoms with Crippen molar-refractivity contribution in [2.24, 2.45) is 0 Å². The molecule has 0 aromatic heterocycles. The predicted molar refractivity (Wildman–Crippen MR) is 188 cm³/mol. The molecule has 1 N–H and O–H groups in total. The number of benzene rings is 4. The van der Waals surface area contributed by atoms with Crippen LogP contribution in [0.15, 0.2) is 102 Å². The lowest BCUT2D eigenvalue weighted by Gasteiger charge is -2.34. The SMILES string of the molecule is CC[C@@H](C)NC(=O)[C@H](Cc1ccccc1)N(Cc1ccc(Cl)cc1Cl)C(=O)CN(c1ccc(Cl)cc1)S(=O)(=O)c1ccc(OC)cc1.